The fourth-order valence-electron chi connectivity index (χ4n) is 1.52. The highest BCUT2D eigenvalue weighted by atomic mass is 32.2. The molecular weight excluding hydrogens is 203 g/mol. The van der Waals surface area contributed by atoms with Gasteiger partial charge in [-0.2, -0.15) is 0 Å². The van der Waals surface area contributed by atoms with Gasteiger partial charge in [0.1, 0.15) is 5.83 Å². The van der Waals surface area contributed by atoms with E-state index in [4.69, 9.17) is 0 Å². The summed E-state index contributed by atoms with van der Waals surface area (Å²) in [6.45, 7) is 3.09. The second kappa shape index (κ2) is 2.67. The monoisotopic (exact) mass is 212 g/mol. The number of aryl methyl sites for hydroxylation is 1. The lowest BCUT2D eigenvalue weighted by Crippen LogP contribution is -1.97. The molecule has 0 radical (unpaired) electrons. The SMILES string of the molecule is CC1=C(F)c2cc(C)ccc2S1(=O)=O. The predicted molar refractivity (Wildman–Crippen MR) is 52.1 cm³/mol. The molecule has 0 atom stereocenters. The van der Waals surface area contributed by atoms with Crippen LogP contribution in [0.15, 0.2) is 28.0 Å². The second-order valence-electron chi connectivity index (χ2n) is 3.37. The van der Waals surface area contributed by atoms with Crippen molar-refractivity contribution in [1.29, 1.82) is 0 Å². The van der Waals surface area contributed by atoms with Crippen LogP contribution in [0.1, 0.15) is 18.1 Å². The summed E-state index contributed by atoms with van der Waals surface area (Å²) in [6, 6.07) is 4.68. The third-order valence-electron chi connectivity index (χ3n) is 2.37. The lowest BCUT2D eigenvalue weighted by atomic mass is 10.1. The van der Waals surface area contributed by atoms with Gasteiger partial charge in [0.15, 0.2) is 0 Å². The first-order chi connectivity index (χ1) is 6.44. The van der Waals surface area contributed by atoms with E-state index in [0.717, 1.165) is 5.56 Å². The van der Waals surface area contributed by atoms with Gasteiger partial charge < -0.3 is 0 Å². The molecule has 74 valence electrons. The molecule has 0 bridgehead atoms. The molecule has 1 aliphatic rings. The van der Waals surface area contributed by atoms with Crippen molar-refractivity contribution in [2.45, 2.75) is 18.7 Å². The molecule has 0 spiro atoms. The maximum atomic E-state index is 13.5. The predicted octanol–water partition coefficient (Wildman–Crippen LogP) is 2.44. The summed E-state index contributed by atoms with van der Waals surface area (Å²) >= 11 is 0. The van der Waals surface area contributed by atoms with Gasteiger partial charge in [-0.05, 0) is 26.0 Å². The molecule has 1 heterocycles. The molecular formula is C10H9FO2S. The Balaban J connectivity index is 2.87. The standard InChI is InChI=1S/C10H9FO2S/c1-6-3-4-9-8(5-6)10(11)7(2)14(9,12)13/h3-5H,1-2H3. The fraction of sp³-hybridized carbons (Fsp3) is 0.200. The lowest BCUT2D eigenvalue weighted by Gasteiger charge is -1.99. The number of allylic oxidation sites excluding steroid dienone is 1. The Hall–Kier alpha value is -1.16. The molecule has 0 unspecified atom stereocenters. The minimum atomic E-state index is -3.55. The van der Waals surface area contributed by atoms with Crippen molar-refractivity contribution in [3.05, 3.63) is 34.2 Å². The van der Waals surface area contributed by atoms with Crippen LogP contribution in [0, 0.1) is 6.92 Å². The maximum absolute atomic E-state index is 13.5. The topological polar surface area (TPSA) is 34.1 Å². The number of hydrogen-bond acceptors (Lipinski definition) is 2. The summed E-state index contributed by atoms with van der Waals surface area (Å²) in [5.74, 6) is -0.622. The lowest BCUT2D eigenvalue weighted by molar-refractivity contribution is 0.603. The molecule has 0 aliphatic carbocycles. The summed E-state index contributed by atoms with van der Waals surface area (Å²) in [7, 11) is -3.55. The zero-order chi connectivity index (χ0) is 10.5. The number of halogens is 1. The minimum Gasteiger partial charge on any atom is -0.219 e. The Kier molecular flexibility index (Phi) is 1.79. The summed E-state index contributed by atoms with van der Waals surface area (Å²) in [5.41, 5.74) is 1.05. The van der Waals surface area contributed by atoms with Crippen LogP contribution in [0.4, 0.5) is 4.39 Å². The first-order valence-corrected chi connectivity index (χ1v) is 5.65. The van der Waals surface area contributed by atoms with Gasteiger partial charge in [-0.25, -0.2) is 12.8 Å². The molecule has 0 amide bonds. The van der Waals surface area contributed by atoms with Crippen LogP contribution in [-0.4, -0.2) is 8.42 Å². The molecule has 2 nitrogen and oxygen atoms in total. The number of hydrogen-bond donors (Lipinski definition) is 0. The molecule has 0 aromatic heterocycles. The van der Waals surface area contributed by atoms with Crippen LogP contribution in [0.25, 0.3) is 5.83 Å². The van der Waals surface area contributed by atoms with Crippen LogP contribution in [0.3, 0.4) is 0 Å². The number of benzene rings is 1. The van der Waals surface area contributed by atoms with E-state index in [1.807, 2.05) is 0 Å². The summed E-state index contributed by atoms with van der Waals surface area (Å²) in [6.07, 6.45) is 0. The minimum absolute atomic E-state index is 0.0816. The largest absolute Gasteiger partial charge is 0.219 e. The number of sulfone groups is 1. The number of rotatable bonds is 0. The first-order valence-electron chi connectivity index (χ1n) is 4.17. The Labute approximate surface area is 82.0 Å². The van der Waals surface area contributed by atoms with Crippen LogP contribution in [0.5, 0.6) is 0 Å². The normalized spacial score (nSPS) is 18.5. The average molecular weight is 212 g/mol. The summed E-state index contributed by atoms with van der Waals surface area (Å²) in [5, 5.41) is 0. The van der Waals surface area contributed by atoms with Gasteiger partial charge in [0, 0.05) is 5.56 Å². The van der Waals surface area contributed by atoms with Gasteiger partial charge in [-0.15, -0.1) is 0 Å². The van der Waals surface area contributed by atoms with Gasteiger partial charge in [-0.3, -0.25) is 0 Å². The smallest absolute Gasteiger partial charge is 0.206 e. The Morgan fingerprint density at radius 1 is 1.21 bits per heavy atom. The summed E-state index contributed by atoms with van der Waals surface area (Å²) in [4.78, 5) is -0.101. The van der Waals surface area contributed by atoms with E-state index >= 15 is 0 Å². The molecule has 1 aromatic rings. The fourth-order valence-corrected chi connectivity index (χ4v) is 2.88. The van der Waals surface area contributed by atoms with Crippen molar-refractivity contribution in [3.8, 4) is 0 Å². The van der Waals surface area contributed by atoms with E-state index in [9.17, 15) is 12.8 Å². The van der Waals surface area contributed by atoms with Crippen molar-refractivity contribution < 1.29 is 12.8 Å². The van der Waals surface area contributed by atoms with E-state index in [2.05, 4.69) is 0 Å². The Bertz CT molecular complexity index is 541. The molecule has 0 N–H and O–H groups in total. The quantitative estimate of drug-likeness (QED) is 0.662. The van der Waals surface area contributed by atoms with Gasteiger partial charge >= 0.3 is 0 Å². The van der Waals surface area contributed by atoms with Gasteiger partial charge in [0.2, 0.25) is 9.84 Å². The highest BCUT2D eigenvalue weighted by molar-refractivity contribution is 7.95. The highest BCUT2D eigenvalue weighted by Gasteiger charge is 2.33. The van der Waals surface area contributed by atoms with Crippen LogP contribution in [0.2, 0.25) is 0 Å². The Morgan fingerprint density at radius 2 is 1.86 bits per heavy atom. The molecule has 1 aliphatic heterocycles. The van der Waals surface area contributed by atoms with Crippen LogP contribution >= 0.6 is 0 Å². The van der Waals surface area contributed by atoms with E-state index in [1.54, 1.807) is 19.1 Å². The third-order valence-corrected chi connectivity index (χ3v) is 4.29. The summed E-state index contributed by atoms with van der Waals surface area (Å²) < 4.78 is 36.7. The van der Waals surface area contributed by atoms with Crippen molar-refractivity contribution in [3.63, 3.8) is 0 Å². The molecule has 2 rings (SSSR count). The van der Waals surface area contributed by atoms with Crippen LogP contribution < -0.4 is 0 Å². The first kappa shape index (κ1) is 9.40. The molecule has 0 saturated heterocycles. The van der Waals surface area contributed by atoms with Crippen molar-refractivity contribution in [1.82, 2.24) is 0 Å². The van der Waals surface area contributed by atoms with E-state index < -0.39 is 15.7 Å². The molecule has 4 heteroatoms. The van der Waals surface area contributed by atoms with Crippen molar-refractivity contribution in [2.24, 2.45) is 0 Å². The molecule has 14 heavy (non-hydrogen) atoms. The van der Waals surface area contributed by atoms with E-state index in [-0.39, 0.29) is 15.4 Å². The second-order valence-corrected chi connectivity index (χ2v) is 5.43. The molecule has 1 aromatic carbocycles. The highest BCUT2D eigenvalue weighted by Crippen LogP contribution is 2.39. The Morgan fingerprint density at radius 3 is 2.50 bits per heavy atom. The third kappa shape index (κ3) is 1.04. The van der Waals surface area contributed by atoms with Gasteiger partial charge in [-0.1, -0.05) is 11.6 Å². The zero-order valence-corrected chi connectivity index (χ0v) is 8.65. The van der Waals surface area contributed by atoms with Gasteiger partial charge in [0.05, 0.1) is 9.80 Å². The van der Waals surface area contributed by atoms with Crippen LogP contribution in [-0.2, 0) is 9.84 Å². The van der Waals surface area contributed by atoms with Crippen molar-refractivity contribution >= 4 is 15.7 Å². The van der Waals surface area contributed by atoms with E-state index in [1.165, 1.54) is 13.0 Å². The van der Waals surface area contributed by atoms with Crippen molar-refractivity contribution in [2.75, 3.05) is 0 Å². The molecule has 0 fully saturated rings. The number of fused-ring (bicyclic) bond motifs is 1. The maximum Gasteiger partial charge on any atom is 0.206 e. The zero-order valence-electron chi connectivity index (χ0n) is 7.83. The van der Waals surface area contributed by atoms with Gasteiger partial charge in [0.25, 0.3) is 0 Å². The average Bonchev–Trinajstić information content (AvgIpc) is 2.28. The molecule has 0 saturated carbocycles. The van der Waals surface area contributed by atoms with E-state index in [0.29, 0.717) is 0 Å².